The van der Waals surface area contributed by atoms with E-state index in [0.29, 0.717) is 12.3 Å². The van der Waals surface area contributed by atoms with Crippen LogP contribution in [0.3, 0.4) is 0 Å². The van der Waals surface area contributed by atoms with Gasteiger partial charge in [0.25, 0.3) is 0 Å². The van der Waals surface area contributed by atoms with Gasteiger partial charge in [0.15, 0.2) is 0 Å². The molecule has 0 aliphatic heterocycles. The maximum absolute atomic E-state index is 9.21. The second kappa shape index (κ2) is 6.26. The van der Waals surface area contributed by atoms with Gasteiger partial charge in [-0.05, 0) is 31.2 Å². The lowest BCUT2D eigenvalue weighted by atomic mass is 9.68. The van der Waals surface area contributed by atoms with E-state index in [0.717, 1.165) is 37.0 Å². The molecule has 5 heteroatoms. The number of fused-ring (bicyclic) bond motifs is 2. The molecule has 3 atom stereocenters. The van der Waals surface area contributed by atoms with Gasteiger partial charge in [-0.3, -0.25) is 0 Å². The van der Waals surface area contributed by atoms with Crippen LogP contribution in [0, 0.1) is 11.8 Å². The van der Waals surface area contributed by atoms with Gasteiger partial charge in [0.1, 0.15) is 0 Å². The number of nitrogens with zero attached hydrogens (tertiary/aromatic N) is 2. The zero-order valence-electron chi connectivity index (χ0n) is 11.9. The number of benzene rings is 1. The van der Waals surface area contributed by atoms with Gasteiger partial charge in [-0.15, -0.1) is 0 Å². The van der Waals surface area contributed by atoms with Crippen LogP contribution in [0.25, 0.3) is 0 Å². The Kier molecular flexibility index (Phi) is 4.20. The first-order chi connectivity index (χ1) is 10.3. The Morgan fingerprint density at radius 1 is 1.10 bits per heavy atom. The Morgan fingerprint density at radius 2 is 1.90 bits per heavy atom. The molecule has 5 nitrogen and oxygen atoms in total. The lowest BCUT2D eigenvalue weighted by molar-refractivity contribution is 0.0117. The molecule has 0 heterocycles. The van der Waals surface area contributed by atoms with E-state index in [4.69, 9.17) is 9.94 Å². The predicted octanol–water partition coefficient (Wildman–Crippen LogP) is 3.05. The van der Waals surface area contributed by atoms with Gasteiger partial charge in [0, 0.05) is 11.8 Å². The fourth-order valence-corrected chi connectivity index (χ4v) is 3.47. The summed E-state index contributed by atoms with van der Waals surface area (Å²) in [6, 6.07) is 10.1. The average molecular weight is 288 g/mol. The first kappa shape index (κ1) is 14.1. The van der Waals surface area contributed by atoms with E-state index in [-0.39, 0.29) is 17.9 Å². The molecule has 0 aromatic heterocycles. The van der Waals surface area contributed by atoms with Crippen molar-refractivity contribution in [1.82, 2.24) is 0 Å². The van der Waals surface area contributed by atoms with Crippen molar-refractivity contribution in [2.24, 2.45) is 22.1 Å². The highest BCUT2D eigenvalue weighted by Crippen LogP contribution is 2.38. The highest BCUT2D eigenvalue weighted by molar-refractivity contribution is 6.10. The fourth-order valence-electron chi connectivity index (χ4n) is 3.47. The zero-order valence-corrected chi connectivity index (χ0v) is 11.9. The van der Waals surface area contributed by atoms with E-state index in [1.165, 1.54) is 0 Å². The van der Waals surface area contributed by atoms with Crippen LogP contribution in [-0.4, -0.2) is 27.9 Å². The van der Waals surface area contributed by atoms with E-state index in [2.05, 4.69) is 10.3 Å². The summed E-state index contributed by atoms with van der Waals surface area (Å²) >= 11 is 0. The van der Waals surface area contributed by atoms with Crippen LogP contribution in [0.2, 0.25) is 0 Å². The van der Waals surface area contributed by atoms with Gasteiger partial charge in [0.2, 0.25) is 0 Å². The largest absolute Gasteiger partial charge is 0.411 e. The summed E-state index contributed by atoms with van der Waals surface area (Å²) in [6.45, 7) is 0.585. The summed E-state index contributed by atoms with van der Waals surface area (Å²) in [5.41, 5.74) is 2.63. The lowest BCUT2D eigenvalue weighted by Crippen LogP contribution is -2.44. The summed E-state index contributed by atoms with van der Waals surface area (Å²) in [5.74, 6) is 0.160. The molecule has 0 radical (unpaired) electrons. The van der Waals surface area contributed by atoms with Crippen molar-refractivity contribution in [2.45, 2.75) is 38.4 Å². The maximum Gasteiger partial charge on any atom is 0.0720 e. The molecule has 2 N–H and O–H groups in total. The van der Waals surface area contributed by atoms with Crippen molar-refractivity contribution in [3.8, 4) is 0 Å². The van der Waals surface area contributed by atoms with Crippen LogP contribution in [-0.2, 0) is 11.3 Å². The third-order valence-corrected chi connectivity index (χ3v) is 4.54. The Balaban J connectivity index is 1.67. The SMILES string of the molecule is ON=C1CCC2CC(OCc3ccccc3)CC1C2=NO. The molecule has 2 fully saturated rings. The van der Waals surface area contributed by atoms with E-state index in [9.17, 15) is 5.21 Å². The molecule has 0 spiro atoms. The van der Waals surface area contributed by atoms with E-state index in [1.807, 2.05) is 30.3 Å². The number of oxime groups is 2. The molecular formula is C16H20N2O3. The lowest BCUT2D eigenvalue weighted by Gasteiger charge is -2.39. The third kappa shape index (κ3) is 2.93. The summed E-state index contributed by atoms with van der Waals surface area (Å²) in [5, 5.41) is 25.2. The van der Waals surface area contributed by atoms with Gasteiger partial charge in [-0.2, -0.15) is 0 Å². The van der Waals surface area contributed by atoms with Gasteiger partial charge in [-0.1, -0.05) is 40.6 Å². The van der Waals surface area contributed by atoms with E-state index in [1.54, 1.807) is 0 Å². The van der Waals surface area contributed by atoms with Crippen LogP contribution in [0.4, 0.5) is 0 Å². The maximum atomic E-state index is 9.21. The second-order valence-electron chi connectivity index (χ2n) is 5.79. The molecule has 1 aromatic carbocycles. The summed E-state index contributed by atoms with van der Waals surface area (Å²) < 4.78 is 6.02. The van der Waals surface area contributed by atoms with Gasteiger partial charge in [0.05, 0.1) is 24.1 Å². The van der Waals surface area contributed by atoms with Crippen molar-refractivity contribution in [2.75, 3.05) is 0 Å². The Hall–Kier alpha value is -1.88. The van der Waals surface area contributed by atoms with E-state index < -0.39 is 0 Å². The fraction of sp³-hybridized carbons (Fsp3) is 0.500. The molecular weight excluding hydrogens is 268 g/mol. The monoisotopic (exact) mass is 288 g/mol. The molecule has 2 bridgehead atoms. The van der Waals surface area contributed by atoms with Crippen molar-refractivity contribution < 1.29 is 15.2 Å². The minimum atomic E-state index is -0.0757. The second-order valence-corrected chi connectivity index (χ2v) is 5.79. The molecule has 0 amide bonds. The minimum Gasteiger partial charge on any atom is -0.411 e. The molecule has 21 heavy (non-hydrogen) atoms. The van der Waals surface area contributed by atoms with Crippen LogP contribution in [0.15, 0.2) is 40.6 Å². The third-order valence-electron chi connectivity index (χ3n) is 4.54. The molecule has 3 rings (SSSR count). The Bertz CT molecular complexity index is 542. The van der Waals surface area contributed by atoms with Crippen molar-refractivity contribution in [3.63, 3.8) is 0 Å². The summed E-state index contributed by atoms with van der Waals surface area (Å²) in [7, 11) is 0. The highest BCUT2D eigenvalue weighted by Gasteiger charge is 2.42. The van der Waals surface area contributed by atoms with Gasteiger partial charge < -0.3 is 15.2 Å². The average Bonchev–Trinajstić information content (AvgIpc) is 2.53. The van der Waals surface area contributed by atoms with Crippen LogP contribution >= 0.6 is 0 Å². The normalized spacial score (nSPS) is 32.5. The summed E-state index contributed by atoms with van der Waals surface area (Å²) in [6.07, 6.45) is 3.35. The zero-order chi connectivity index (χ0) is 14.7. The molecule has 0 saturated heterocycles. The van der Waals surface area contributed by atoms with Crippen LogP contribution < -0.4 is 0 Å². The highest BCUT2D eigenvalue weighted by atomic mass is 16.5. The molecule has 2 aliphatic carbocycles. The Morgan fingerprint density at radius 3 is 2.62 bits per heavy atom. The van der Waals surface area contributed by atoms with Crippen LogP contribution in [0.5, 0.6) is 0 Å². The van der Waals surface area contributed by atoms with Crippen LogP contribution in [0.1, 0.15) is 31.2 Å². The van der Waals surface area contributed by atoms with E-state index >= 15 is 0 Å². The quantitative estimate of drug-likeness (QED) is 0.663. The summed E-state index contributed by atoms with van der Waals surface area (Å²) in [4.78, 5) is 0. The number of hydrogen-bond acceptors (Lipinski definition) is 5. The van der Waals surface area contributed by atoms with Gasteiger partial charge in [-0.25, -0.2) is 0 Å². The number of hydrogen-bond donors (Lipinski definition) is 2. The number of rotatable bonds is 3. The standard InChI is InChI=1S/C16H20N2O3/c19-17-15-7-6-12-8-13(9-14(15)16(12)18-20)21-10-11-4-2-1-3-5-11/h1-5,12-14,19-20H,6-10H2. The molecule has 112 valence electrons. The van der Waals surface area contributed by atoms with Gasteiger partial charge >= 0.3 is 0 Å². The first-order valence-electron chi connectivity index (χ1n) is 7.40. The number of ether oxygens (including phenoxy) is 1. The molecule has 2 saturated carbocycles. The molecule has 1 aromatic rings. The van der Waals surface area contributed by atoms with Crippen molar-refractivity contribution in [3.05, 3.63) is 35.9 Å². The molecule has 2 aliphatic rings. The van der Waals surface area contributed by atoms with Crippen molar-refractivity contribution >= 4 is 11.4 Å². The minimum absolute atomic E-state index is 0.0757. The molecule has 3 unspecified atom stereocenters. The topological polar surface area (TPSA) is 74.4 Å². The van der Waals surface area contributed by atoms with Crippen molar-refractivity contribution in [1.29, 1.82) is 0 Å². The smallest absolute Gasteiger partial charge is 0.0720 e. The first-order valence-corrected chi connectivity index (χ1v) is 7.40. The Labute approximate surface area is 123 Å². The predicted molar refractivity (Wildman–Crippen MR) is 78.9 cm³/mol.